The minimum Gasteiger partial charge on any atom is -0.490 e. The lowest BCUT2D eigenvalue weighted by atomic mass is 10.0. The van der Waals surface area contributed by atoms with Crippen LogP contribution in [0.5, 0.6) is 5.75 Å². The first-order valence-corrected chi connectivity index (χ1v) is 10.8. The monoisotopic (exact) mass is 400 g/mol. The van der Waals surface area contributed by atoms with Crippen LogP contribution < -0.4 is 4.74 Å². The number of allylic oxidation sites excluding steroid dienone is 3. The van der Waals surface area contributed by atoms with E-state index in [4.69, 9.17) is 16.3 Å². The predicted molar refractivity (Wildman–Crippen MR) is 113 cm³/mol. The number of aryl methyl sites for hydroxylation is 1. The Morgan fingerprint density at radius 1 is 1.04 bits per heavy atom. The first-order chi connectivity index (χ1) is 13.6. The summed E-state index contributed by atoms with van der Waals surface area (Å²) in [7, 11) is 0. The van der Waals surface area contributed by atoms with Crippen LogP contribution in [-0.4, -0.2) is 54.0 Å². The zero-order valence-electron chi connectivity index (χ0n) is 16.6. The average Bonchev–Trinajstić information content (AvgIpc) is 3.21. The maximum atomic E-state index is 12.8. The summed E-state index contributed by atoms with van der Waals surface area (Å²) in [4.78, 5) is 17.3. The number of ether oxygens (including phenoxy) is 1. The molecule has 2 fully saturated rings. The van der Waals surface area contributed by atoms with Crippen molar-refractivity contribution in [3.05, 3.63) is 52.6 Å². The summed E-state index contributed by atoms with van der Waals surface area (Å²) >= 11 is 6.02. The molecule has 28 heavy (non-hydrogen) atoms. The van der Waals surface area contributed by atoms with Crippen LogP contribution in [0.2, 0.25) is 0 Å². The number of hydrogen-bond acceptors (Lipinski definition) is 3. The van der Waals surface area contributed by atoms with Gasteiger partial charge in [0, 0.05) is 42.8 Å². The van der Waals surface area contributed by atoms with Crippen LogP contribution in [0.4, 0.5) is 0 Å². The van der Waals surface area contributed by atoms with Crippen LogP contribution in [0.3, 0.4) is 0 Å². The van der Waals surface area contributed by atoms with Gasteiger partial charge < -0.3 is 9.64 Å². The lowest BCUT2D eigenvalue weighted by molar-refractivity contribution is -0.126. The summed E-state index contributed by atoms with van der Waals surface area (Å²) < 4.78 is 6.15. The highest BCUT2D eigenvalue weighted by Gasteiger charge is 2.33. The van der Waals surface area contributed by atoms with Gasteiger partial charge in [-0.3, -0.25) is 9.69 Å². The number of piperidine rings is 1. The van der Waals surface area contributed by atoms with Gasteiger partial charge in [-0.15, -0.1) is 0 Å². The van der Waals surface area contributed by atoms with E-state index in [1.165, 1.54) is 5.56 Å². The van der Waals surface area contributed by atoms with E-state index in [1.54, 1.807) is 0 Å². The van der Waals surface area contributed by atoms with Gasteiger partial charge in [-0.1, -0.05) is 35.4 Å². The maximum absolute atomic E-state index is 12.8. The number of hydrogen-bond donors (Lipinski definition) is 0. The molecule has 2 saturated heterocycles. The van der Waals surface area contributed by atoms with Crippen molar-refractivity contribution in [2.45, 2.75) is 51.2 Å². The molecule has 0 aromatic heterocycles. The van der Waals surface area contributed by atoms with Crippen molar-refractivity contribution < 1.29 is 9.53 Å². The topological polar surface area (TPSA) is 32.8 Å². The fraction of sp³-hybridized carbons (Fsp3) is 0.522. The average molecular weight is 401 g/mol. The number of rotatable bonds is 4. The van der Waals surface area contributed by atoms with Crippen LogP contribution in [0.25, 0.3) is 0 Å². The van der Waals surface area contributed by atoms with E-state index in [9.17, 15) is 4.79 Å². The molecule has 5 heteroatoms. The summed E-state index contributed by atoms with van der Waals surface area (Å²) in [6.07, 6.45) is 8.77. The number of carbonyl (C=O) groups is 1. The molecule has 1 atom stereocenters. The molecule has 4 nitrogen and oxygen atoms in total. The van der Waals surface area contributed by atoms with Crippen molar-refractivity contribution in [2.75, 3.05) is 26.2 Å². The van der Waals surface area contributed by atoms with Gasteiger partial charge in [-0.25, -0.2) is 0 Å². The highest BCUT2D eigenvalue weighted by atomic mass is 35.5. The zero-order valence-corrected chi connectivity index (χ0v) is 17.3. The molecule has 150 valence electrons. The van der Waals surface area contributed by atoms with Gasteiger partial charge in [0.15, 0.2) is 0 Å². The van der Waals surface area contributed by atoms with E-state index in [0.29, 0.717) is 12.1 Å². The van der Waals surface area contributed by atoms with Gasteiger partial charge >= 0.3 is 0 Å². The largest absolute Gasteiger partial charge is 0.490 e. The Labute approximate surface area is 172 Å². The van der Waals surface area contributed by atoms with E-state index >= 15 is 0 Å². The summed E-state index contributed by atoms with van der Waals surface area (Å²) in [5, 5.41) is 0.839. The molecule has 0 bridgehead atoms. The molecule has 2 heterocycles. The minimum atomic E-state index is 0.195. The molecule has 0 N–H and O–H groups in total. The third-order valence-corrected chi connectivity index (χ3v) is 6.46. The van der Waals surface area contributed by atoms with Crippen molar-refractivity contribution in [3.63, 3.8) is 0 Å². The summed E-state index contributed by atoms with van der Waals surface area (Å²) in [5.74, 6) is 1.16. The SMILES string of the molecule is Cc1ccc(OC2CCN(C3CCN(C(=O)C4=CC=C(Cl)CC4)C3)CC2)cc1. The maximum Gasteiger partial charge on any atom is 0.249 e. The fourth-order valence-electron chi connectivity index (χ4n) is 4.39. The molecule has 1 amide bonds. The molecular formula is C23H29ClN2O2. The van der Waals surface area contributed by atoms with Crippen molar-refractivity contribution >= 4 is 17.5 Å². The molecule has 1 unspecified atom stereocenters. The fourth-order valence-corrected chi connectivity index (χ4v) is 4.54. The Hall–Kier alpha value is -1.78. The molecule has 2 aliphatic heterocycles. The van der Waals surface area contributed by atoms with Gasteiger partial charge in [0.1, 0.15) is 11.9 Å². The number of halogens is 1. The molecule has 1 aromatic carbocycles. The van der Waals surface area contributed by atoms with E-state index in [0.717, 1.165) is 74.6 Å². The molecule has 1 aromatic rings. The van der Waals surface area contributed by atoms with E-state index in [2.05, 4.69) is 36.1 Å². The Morgan fingerprint density at radius 2 is 1.79 bits per heavy atom. The van der Waals surface area contributed by atoms with Crippen LogP contribution >= 0.6 is 11.6 Å². The Bertz CT molecular complexity index is 763. The van der Waals surface area contributed by atoms with Crippen LogP contribution in [0.1, 0.15) is 37.7 Å². The number of benzene rings is 1. The van der Waals surface area contributed by atoms with E-state index in [-0.39, 0.29) is 5.91 Å². The Balaban J connectivity index is 1.25. The Kier molecular flexibility index (Phi) is 6.07. The third kappa shape index (κ3) is 4.61. The Morgan fingerprint density at radius 3 is 2.46 bits per heavy atom. The van der Waals surface area contributed by atoms with Gasteiger partial charge in [0.05, 0.1) is 0 Å². The molecule has 1 aliphatic carbocycles. The van der Waals surface area contributed by atoms with E-state index in [1.807, 2.05) is 17.1 Å². The van der Waals surface area contributed by atoms with Crippen molar-refractivity contribution in [2.24, 2.45) is 0 Å². The van der Waals surface area contributed by atoms with Gasteiger partial charge in [-0.2, -0.15) is 0 Å². The second kappa shape index (κ2) is 8.71. The number of nitrogens with zero attached hydrogens (tertiary/aromatic N) is 2. The summed E-state index contributed by atoms with van der Waals surface area (Å²) in [6, 6.07) is 8.79. The van der Waals surface area contributed by atoms with E-state index < -0.39 is 0 Å². The number of amides is 1. The van der Waals surface area contributed by atoms with Gasteiger partial charge in [0.2, 0.25) is 5.91 Å². The van der Waals surface area contributed by atoms with Crippen LogP contribution in [0.15, 0.2) is 47.0 Å². The third-order valence-electron chi connectivity index (χ3n) is 6.14. The smallest absolute Gasteiger partial charge is 0.249 e. The first kappa shape index (κ1) is 19.5. The zero-order chi connectivity index (χ0) is 19.5. The first-order valence-electron chi connectivity index (χ1n) is 10.4. The summed E-state index contributed by atoms with van der Waals surface area (Å²) in [6.45, 7) is 5.89. The normalized spacial score (nSPS) is 24.1. The predicted octanol–water partition coefficient (Wildman–Crippen LogP) is 4.28. The highest BCUT2D eigenvalue weighted by molar-refractivity contribution is 6.29. The molecule has 3 aliphatic rings. The van der Waals surface area contributed by atoms with Gasteiger partial charge in [0.25, 0.3) is 0 Å². The van der Waals surface area contributed by atoms with Crippen molar-refractivity contribution in [3.8, 4) is 5.75 Å². The molecule has 0 spiro atoms. The van der Waals surface area contributed by atoms with Crippen LogP contribution in [-0.2, 0) is 4.79 Å². The lowest BCUT2D eigenvalue weighted by Gasteiger charge is -2.36. The summed E-state index contributed by atoms with van der Waals surface area (Å²) in [5.41, 5.74) is 2.15. The number of likely N-dealkylation sites (tertiary alicyclic amines) is 2. The second-order valence-electron chi connectivity index (χ2n) is 8.17. The van der Waals surface area contributed by atoms with Gasteiger partial charge in [-0.05, 0) is 57.2 Å². The molecular weight excluding hydrogens is 372 g/mol. The van der Waals surface area contributed by atoms with Crippen LogP contribution in [0, 0.1) is 6.92 Å². The number of carbonyl (C=O) groups excluding carboxylic acids is 1. The molecule has 4 rings (SSSR count). The second-order valence-corrected chi connectivity index (χ2v) is 8.65. The molecule has 0 saturated carbocycles. The highest BCUT2D eigenvalue weighted by Crippen LogP contribution is 2.27. The lowest BCUT2D eigenvalue weighted by Crippen LogP contribution is -2.45. The standard InChI is InChI=1S/C23H29ClN2O2/c1-17-2-8-21(9-3-17)28-22-11-14-25(15-12-22)20-10-13-26(16-20)23(27)18-4-6-19(24)7-5-18/h2-4,6,8-9,20,22H,5,7,10-16H2,1H3. The quantitative estimate of drug-likeness (QED) is 0.756. The van der Waals surface area contributed by atoms with Crippen molar-refractivity contribution in [1.82, 2.24) is 9.80 Å². The van der Waals surface area contributed by atoms with Crippen molar-refractivity contribution in [1.29, 1.82) is 0 Å². The molecule has 0 radical (unpaired) electrons. The minimum absolute atomic E-state index is 0.195.